The lowest BCUT2D eigenvalue weighted by atomic mass is 10.1. The number of anilines is 1. The van der Waals surface area contributed by atoms with Gasteiger partial charge in [0, 0.05) is 29.9 Å². The number of rotatable bonds is 7. The van der Waals surface area contributed by atoms with Gasteiger partial charge in [-0.15, -0.1) is 0 Å². The number of carbonyl (C=O) groups excluding carboxylic acids is 1. The van der Waals surface area contributed by atoms with Crippen molar-refractivity contribution in [2.45, 2.75) is 38.8 Å². The van der Waals surface area contributed by atoms with Crippen LogP contribution in [0.4, 0.5) is 5.69 Å². The van der Waals surface area contributed by atoms with Crippen molar-refractivity contribution in [1.29, 1.82) is 0 Å². The second-order valence-electron chi connectivity index (χ2n) is 5.03. The van der Waals surface area contributed by atoms with Gasteiger partial charge in [-0.1, -0.05) is 6.07 Å². The van der Waals surface area contributed by atoms with E-state index < -0.39 is 0 Å². The molecule has 2 rings (SSSR count). The predicted molar refractivity (Wildman–Crippen MR) is 76.5 cm³/mol. The van der Waals surface area contributed by atoms with Crippen molar-refractivity contribution in [2.24, 2.45) is 0 Å². The van der Waals surface area contributed by atoms with Crippen molar-refractivity contribution in [2.75, 3.05) is 18.5 Å². The standard InChI is InChI=1S/C15H22N2O2/c1-3-19-10-11(2)16-14-6-4-5-12(9-14)15(18)17-13-7-8-13/h4-6,9,11,13,16H,3,7-8,10H2,1-2H3,(H,17,18). The maximum absolute atomic E-state index is 11.9. The molecule has 1 aliphatic carbocycles. The van der Waals surface area contributed by atoms with Gasteiger partial charge in [0.25, 0.3) is 5.91 Å². The van der Waals surface area contributed by atoms with Crippen LogP contribution in [0.1, 0.15) is 37.0 Å². The van der Waals surface area contributed by atoms with Gasteiger partial charge in [-0.25, -0.2) is 0 Å². The molecule has 104 valence electrons. The Balaban J connectivity index is 1.91. The first-order valence-corrected chi connectivity index (χ1v) is 6.94. The highest BCUT2D eigenvalue weighted by molar-refractivity contribution is 5.95. The summed E-state index contributed by atoms with van der Waals surface area (Å²) in [6.07, 6.45) is 2.21. The lowest BCUT2D eigenvalue weighted by Crippen LogP contribution is -2.26. The van der Waals surface area contributed by atoms with E-state index >= 15 is 0 Å². The lowest BCUT2D eigenvalue weighted by Gasteiger charge is -2.15. The summed E-state index contributed by atoms with van der Waals surface area (Å²) in [6, 6.07) is 8.21. The fraction of sp³-hybridized carbons (Fsp3) is 0.533. The third-order valence-electron chi connectivity index (χ3n) is 3.02. The molecule has 0 saturated heterocycles. The van der Waals surface area contributed by atoms with Crippen LogP contribution in [-0.4, -0.2) is 31.2 Å². The molecule has 0 radical (unpaired) electrons. The van der Waals surface area contributed by atoms with Crippen molar-refractivity contribution in [1.82, 2.24) is 5.32 Å². The van der Waals surface area contributed by atoms with Crippen LogP contribution in [0.15, 0.2) is 24.3 Å². The molecule has 4 heteroatoms. The lowest BCUT2D eigenvalue weighted by molar-refractivity contribution is 0.0951. The minimum atomic E-state index is 0.0172. The molecule has 19 heavy (non-hydrogen) atoms. The molecule has 1 aromatic carbocycles. The summed E-state index contributed by atoms with van der Waals surface area (Å²) in [5, 5.41) is 6.33. The van der Waals surface area contributed by atoms with Gasteiger partial charge in [0.1, 0.15) is 0 Å². The molecule has 0 bridgehead atoms. The van der Waals surface area contributed by atoms with Gasteiger partial charge in [0.05, 0.1) is 6.61 Å². The van der Waals surface area contributed by atoms with E-state index in [-0.39, 0.29) is 11.9 Å². The molecule has 1 atom stereocenters. The Hall–Kier alpha value is -1.55. The quantitative estimate of drug-likeness (QED) is 0.793. The second kappa shape index (κ2) is 6.57. The van der Waals surface area contributed by atoms with Gasteiger partial charge in [-0.3, -0.25) is 4.79 Å². The minimum Gasteiger partial charge on any atom is -0.380 e. The van der Waals surface area contributed by atoms with Gasteiger partial charge in [0.2, 0.25) is 0 Å². The Morgan fingerprint density at radius 2 is 2.26 bits per heavy atom. The van der Waals surface area contributed by atoms with Crippen LogP contribution in [0.2, 0.25) is 0 Å². The van der Waals surface area contributed by atoms with Crippen molar-refractivity contribution in [3.05, 3.63) is 29.8 Å². The molecule has 0 aliphatic heterocycles. The zero-order valence-corrected chi connectivity index (χ0v) is 11.6. The van der Waals surface area contributed by atoms with E-state index in [9.17, 15) is 4.79 Å². The maximum atomic E-state index is 11.9. The van der Waals surface area contributed by atoms with Gasteiger partial charge in [-0.2, -0.15) is 0 Å². The Kier molecular flexibility index (Phi) is 4.80. The SMILES string of the molecule is CCOCC(C)Nc1cccc(C(=O)NC2CC2)c1. The van der Waals surface area contributed by atoms with E-state index in [1.807, 2.05) is 31.2 Å². The third-order valence-corrected chi connectivity index (χ3v) is 3.02. The zero-order chi connectivity index (χ0) is 13.7. The minimum absolute atomic E-state index is 0.0172. The molecule has 1 fully saturated rings. The normalized spacial score (nSPS) is 15.9. The second-order valence-corrected chi connectivity index (χ2v) is 5.03. The average molecular weight is 262 g/mol. The highest BCUT2D eigenvalue weighted by Gasteiger charge is 2.23. The van der Waals surface area contributed by atoms with Crippen molar-refractivity contribution in [3.63, 3.8) is 0 Å². The first-order valence-electron chi connectivity index (χ1n) is 6.94. The summed E-state index contributed by atoms with van der Waals surface area (Å²) in [6.45, 7) is 5.42. The molecular weight excluding hydrogens is 240 g/mol. The van der Waals surface area contributed by atoms with Crippen molar-refractivity contribution < 1.29 is 9.53 Å². The molecule has 1 unspecified atom stereocenters. The van der Waals surface area contributed by atoms with E-state index in [1.54, 1.807) is 0 Å². The molecule has 2 N–H and O–H groups in total. The average Bonchev–Trinajstić information content (AvgIpc) is 3.20. The van der Waals surface area contributed by atoms with Crippen LogP contribution in [0.5, 0.6) is 0 Å². The fourth-order valence-corrected chi connectivity index (χ4v) is 1.87. The molecule has 1 aliphatic rings. The monoisotopic (exact) mass is 262 g/mol. The van der Waals surface area contributed by atoms with Crippen LogP contribution in [0, 0.1) is 0 Å². The number of ether oxygens (including phenoxy) is 1. The predicted octanol–water partition coefficient (Wildman–Crippen LogP) is 2.42. The maximum Gasteiger partial charge on any atom is 0.251 e. The van der Waals surface area contributed by atoms with E-state index in [4.69, 9.17) is 4.74 Å². The highest BCUT2D eigenvalue weighted by atomic mass is 16.5. The molecular formula is C15H22N2O2. The third kappa shape index (κ3) is 4.56. The number of amides is 1. The van der Waals surface area contributed by atoms with Crippen molar-refractivity contribution in [3.8, 4) is 0 Å². The molecule has 0 heterocycles. The first kappa shape index (κ1) is 13.9. The number of hydrogen-bond acceptors (Lipinski definition) is 3. The summed E-state index contributed by atoms with van der Waals surface area (Å²) < 4.78 is 5.36. The van der Waals surface area contributed by atoms with Gasteiger partial charge in [-0.05, 0) is 44.9 Å². The number of hydrogen-bond donors (Lipinski definition) is 2. The van der Waals surface area contributed by atoms with Crippen LogP contribution in [-0.2, 0) is 4.74 Å². The first-order chi connectivity index (χ1) is 9.19. The summed E-state index contributed by atoms with van der Waals surface area (Å²) in [5.41, 5.74) is 1.66. The highest BCUT2D eigenvalue weighted by Crippen LogP contribution is 2.20. The van der Waals surface area contributed by atoms with E-state index in [1.165, 1.54) is 0 Å². The zero-order valence-electron chi connectivity index (χ0n) is 11.6. The topological polar surface area (TPSA) is 50.4 Å². The number of benzene rings is 1. The van der Waals surface area contributed by atoms with Crippen LogP contribution in [0.3, 0.4) is 0 Å². The van der Waals surface area contributed by atoms with E-state index in [2.05, 4.69) is 17.6 Å². The Bertz CT molecular complexity index is 430. The van der Waals surface area contributed by atoms with Crippen molar-refractivity contribution >= 4 is 11.6 Å². The van der Waals surface area contributed by atoms with Gasteiger partial charge < -0.3 is 15.4 Å². The Morgan fingerprint density at radius 1 is 1.47 bits per heavy atom. The molecule has 0 spiro atoms. The molecule has 1 amide bonds. The summed E-state index contributed by atoms with van der Waals surface area (Å²) >= 11 is 0. The molecule has 0 aromatic heterocycles. The van der Waals surface area contributed by atoms with E-state index in [0.717, 1.165) is 25.1 Å². The Morgan fingerprint density at radius 3 is 2.95 bits per heavy atom. The summed E-state index contributed by atoms with van der Waals surface area (Å²) in [5.74, 6) is 0.0172. The molecule has 1 saturated carbocycles. The fourth-order valence-electron chi connectivity index (χ4n) is 1.87. The summed E-state index contributed by atoms with van der Waals surface area (Å²) in [4.78, 5) is 11.9. The molecule has 4 nitrogen and oxygen atoms in total. The van der Waals surface area contributed by atoms with Gasteiger partial charge in [0.15, 0.2) is 0 Å². The molecule has 1 aromatic rings. The number of nitrogens with one attached hydrogen (secondary N) is 2. The van der Waals surface area contributed by atoms with Crippen LogP contribution < -0.4 is 10.6 Å². The largest absolute Gasteiger partial charge is 0.380 e. The summed E-state index contributed by atoms with van der Waals surface area (Å²) in [7, 11) is 0. The van der Waals surface area contributed by atoms with Crippen LogP contribution >= 0.6 is 0 Å². The van der Waals surface area contributed by atoms with Crippen LogP contribution in [0.25, 0.3) is 0 Å². The Labute approximate surface area is 114 Å². The van der Waals surface area contributed by atoms with E-state index in [0.29, 0.717) is 18.2 Å². The smallest absolute Gasteiger partial charge is 0.251 e. The van der Waals surface area contributed by atoms with Gasteiger partial charge >= 0.3 is 0 Å². The number of carbonyl (C=O) groups is 1.